The zero-order valence-electron chi connectivity index (χ0n) is 12.4. The van der Waals surface area contributed by atoms with Gasteiger partial charge in [-0.15, -0.1) is 0 Å². The Morgan fingerprint density at radius 1 is 1.38 bits per heavy atom. The molecule has 0 saturated carbocycles. The first-order valence-electron chi connectivity index (χ1n) is 6.47. The first kappa shape index (κ1) is 17.2. The number of H-pyrrole nitrogens is 1. The van der Waals surface area contributed by atoms with Crippen molar-refractivity contribution in [3.8, 4) is 0 Å². The summed E-state index contributed by atoms with van der Waals surface area (Å²) in [6.45, 7) is 5.27. The molecule has 1 rings (SSSR count). The van der Waals surface area contributed by atoms with Crippen LogP contribution >= 0.6 is 11.8 Å². The van der Waals surface area contributed by atoms with Crippen molar-refractivity contribution in [2.75, 3.05) is 13.7 Å². The highest BCUT2D eigenvalue weighted by molar-refractivity contribution is 8.00. The largest absolute Gasteiger partial charge is 0.468 e. The number of carbonyl (C=O) groups is 2. The standard InChI is InChI=1S/C13H18N2O5S/c1-5-8(11(16)19-4)21-10-9(12(17)20-6-2)7(3)14-13(18)15-10/h8H,5-6H2,1-4H3,(H,14,15,18)/t8-/m1/s1. The molecule has 0 spiro atoms. The number of hydrogen-bond donors (Lipinski definition) is 1. The highest BCUT2D eigenvalue weighted by atomic mass is 32.2. The minimum absolute atomic E-state index is 0.170. The summed E-state index contributed by atoms with van der Waals surface area (Å²) >= 11 is 1.02. The van der Waals surface area contributed by atoms with Gasteiger partial charge in [0.05, 0.1) is 13.7 Å². The Kier molecular flexibility index (Phi) is 6.41. The Hall–Kier alpha value is -1.83. The van der Waals surface area contributed by atoms with Crippen molar-refractivity contribution in [3.05, 3.63) is 21.7 Å². The molecule has 0 radical (unpaired) electrons. The van der Waals surface area contributed by atoms with Crippen LogP contribution in [-0.4, -0.2) is 40.9 Å². The number of aromatic nitrogens is 2. The molecule has 1 N–H and O–H groups in total. The van der Waals surface area contributed by atoms with Crippen LogP contribution in [0.15, 0.2) is 9.82 Å². The van der Waals surface area contributed by atoms with Gasteiger partial charge in [0.25, 0.3) is 0 Å². The van der Waals surface area contributed by atoms with E-state index in [4.69, 9.17) is 9.47 Å². The van der Waals surface area contributed by atoms with Crippen LogP contribution in [0.1, 0.15) is 36.3 Å². The third-order valence-electron chi connectivity index (χ3n) is 2.65. The summed E-state index contributed by atoms with van der Waals surface area (Å²) in [4.78, 5) is 41.4. The van der Waals surface area contributed by atoms with E-state index in [1.54, 1.807) is 20.8 Å². The maximum Gasteiger partial charge on any atom is 0.346 e. The van der Waals surface area contributed by atoms with Crippen LogP contribution in [0.5, 0.6) is 0 Å². The fourth-order valence-corrected chi connectivity index (χ4v) is 2.77. The van der Waals surface area contributed by atoms with Crippen molar-refractivity contribution in [1.29, 1.82) is 0 Å². The van der Waals surface area contributed by atoms with Crippen LogP contribution in [0.25, 0.3) is 0 Å². The van der Waals surface area contributed by atoms with Crippen LogP contribution < -0.4 is 5.69 Å². The maximum absolute atomic E-state index is 12.0. The number of esters is 2. The highest BCUT2D eigenvalue weighted by Gasteiger charge is 2.25. The normalized spacial score (nSPS) is 11.8. The molecule has 0 aromatic carbocycles. The Balaban J connectivity index is 3.23. The van der Waals surface area contributed by atoms with Crippen molar-refractivity contribution < 1.29 is 19.1 Å². The molecule has 8 heteroatoms. The summed E-state index contributed by atoms with van der Waals surface area (Å²) in [5, 5.41) is -0.371. The molecule has 0 aliphatic rings. The average molecular weight is 314 g/mol. The van der Waals surface area contributed by atoms with Gasteiger partial charge in [0.1, 0.15) is 15.8 Å². The van der Waals surface area contributed by atoms with Gasteiger partial charge in [0, 0.05) is 5.69 Å². The lowest BCUT2D eigenvalue weighted by atomic mass is 10.2. The van der Waals surface area contributed by atoms with Gasteiger partial charge in [-0.2, -0.15) is 4.98 Å². The van der Waals surface area contributed by atoms with Crippen molar-refractivity contribution >= 4 is 23.7 Å². The molecule has 7 nitrogen and oxygen atoms in total. The molecule has 21 heavy (non-hydrogen) atoms. The summed E-state index contributed by atoms with van der Waals surface area (Å²) in [5.41, 5.74) is -0.0535. The number of rotatable bonds is 6. The topological polar surface area (TPSA) is 98.3 Å². The number of aryl methyl sites for hydroxylation is 1. The number of thioether (sulfide) groups is 1. The molecule has 0 amide bonds. The lowest BCUT2D eigenvalue weighted by molar-refractivity contribution is -0.140. The molecule has 1 atom stereocenters. The van der Waals surface area contributed by atoms with E-state index in [0.717, 1.165) is 11.8 Å². The molecule has 1 aromatic rings. The zero-order chi connectivity index (χ0) is 16.0. The van der Waals surface area contributed by atoms with Crippen molar-refractivity contribution in [2.24, 2.45) is 0 Å². The van der Waals surface area contributed by atoms with E-state index < -0.39 is 22.9 Å². The third-order valence-corrected chi connectivity index (χ3v) is 3.98. The molecule has 0 aliphatic carbocycles. The lowest BCUT2D eigenvalue weighted by Crippen LogP contribution is -2.23. The molecule has 0 fully saturated rings. The molecule has 0 saturated heterocycles. The zero-order valence-corrected chi connectivity index (χ0v) is 13.2. The predicted octanol–water partition coefficient (Wildman–Crippen LogP) is 1.30. The van der Waals surface area contributed by atoms with E-state index in [-0.39, 0.29) is 17.2 Å². The van der Waals surface area contributed by atoms with Gasteiger partial charge < -0.3 is 14.5 Å². The summed E-state index contributed by atoms with van der Waals surface area (Å²) in [6.07, 6.45) is 0.479. The predicted molar refractivity (Wildman–Crippen MR) is 77.5 cm³/mol. The first-order chi connectivity index (χ1) is 9.94. The van der Waals surface area contributed by atoms with Crippen molar-refractivity contribution in [1.82, 2.24) is 9.97 Å². The minimum Gasteiger partial charge on any atom is -0.468 e. The summed E-state index contributed by atoms with van der Waals surface area (Å²) in [5.74, 6) is -1.02. The van der Waals surface area contributed by atoms with Gasteiger partial charge >= 0.3 is 17.6 Å². The van der Waals surface area contributed by atoms with Crippen LogP contribution in [0, 0.1) is 6.92 Å². The second-order valence-electron chi connectivity index (χ2n) is 4.11. The number of hydrogen-bond acceptors (Lipinski definition) is 7. The Morgan fingerprint density at radius 3 is 2.57 bits per heavy atom. The SMILES string of the molecule is CCOC(=O)c1c(S[C@H](CC)C(=O)OC)nc(=O)[nH]c1C. The van der Waals surface area contributed by atoms with Gasteiger partial charge in [0.15, 0.2) is 0 Å². The Bertz CT molecular complexity index is 584. The van der Waals surface area contributed by atoms with Gasteiger partial charge in [-0.3, -0.25) is 4.79 Å². The van der Waals surface area contributed by atoms with Crippen LogP contribution in [0.4, 0.5) is 0 Å². The average Bonchev–Trinajstić information content (AvgIpc) is 2.43. The number of aromatic amines is 1. The number of nitrogens with zero attached hydrogens (tertiary/aromatic N) is 1. The second-order valence-corrected chi connectivity index (χ2v) is 5.30. The summed E-state index contributed by atoms with van der Waals surface area (Å²) in [6, 6.07) is 0. The van der Waals surface area contributed by atoms with Gasteiger partial charge in [-0.1, -0.05) is 18.7 Å². The molecule has 0 aliphatic heterocycles. The number of nitrogens with one attached hydrogen (secondary N) is 1. The molecule has 1 heterocycles. The van der Waals surface area contributed by atoms with E-state index in [1.807, 2.05) is 0 Å². The lowest BCUT2D eigenvalue weighted by Gasteiger charge is -2.14. The summed E-state index contributed by atoms with van der Waals surface area (Å²) in [7, 11) is 1.29. The van der Waals surface area contributed by atoms with Crippen molar-refractivity contribution in [3.63, 3.8) is 0 Å². The molecular formula is C13H18N2O5S. The molecular weight excluding hydrogens is 296 g/mol. The molecule has 0 bridgehead atoms. The van der Waals surface area contributed by atoms with Crippen molar-refractivity contribution in [2.45, 2.75) is 37.5 Å². The first-order valence-corrected chi connectivity index (χ1v) is 7.35. The van der Waals surface area contributed by atoms with E-state index in [9.17, 15) is 14.4 Å². The number of methoxy groups -OCH3 is 1. The van der Waals surface area contributed by atoms with E-state index >= 15 is 0 Å². The van der Waals surface area contributed by atoms with Crippen LogP contribution in [0.2, 0.25) is 0 Å². The van der Waals surface area contributed by atoms with E-state index in [2.05, 4.69) is 9.97 Å². The van der Waals surface area contributed by atoms with Gasteiger partial charge in [0.2, 0.25) is 0 Å². The maximum atomic E-state index is 12.0. The quantitative estimate of drug-likeness (QED) is 0.480. The highest BCUT2D eigenvalue weighted by Crippen LogP contribution is 2.28. The Morgan fingerprint density at radius 2 is 2.05 bits per heavy atom. The fraction of sp³-hybridized carbons (Fsp3) is 0.538. The molecule has 1 aromatic heterocycles. The minimum atomic E-state index is -0.582. The smallest absolute Gasteiger partial charge is 0.346 e. The third kappa shape index (κ3) is 4.32. The number of carbonyl (C=O) groups excluding carboxylic acids is 2. The Labute approximate surface area is 126 Å². The van der Waals surface area contributed by atoms with E-state index in [1.165, 1.54) is 7.11 Å². The van der Waals surface area contributed by atoms with Crippen LogP contribution in [-0.2, 0) is 14.3 Å². The number of ether oxygens (including phenoxy) is 2. The molecule has 116 valence electrons. The summed E-state index contributed by atoms with van der Waals surface area (Å²) < 4.78 is 9.65. The van der Waals surface area contributed by atoms with E-state index in [0.29, 0.717) is 12.1 Å². The van der Waals surface area contributed by atoms with Crippen LogP contribution in [0.3, 0.4) is 0 Å². The fourth-order valence-electron chi connectivity index (χ4n) is 1.65. The van der Waals surface area contributed by atoms with Gasteiger partial charge in [-0.25, -0.2) is 9.59 Å². The second kappa shape index (κ2) is 7.82. The van der Waals surface area contributed by atoms with Gasteiger partial charge in [-0.05, 0) is 20.3 Å². The molecule has 0 unspecified atom stereocenters. The monoisotopic (exact) mass is 314 g/mol.